The largest absolute Gasteiger partial charge is 0.481 e. The van der Waals surface area contributed by atoms with Gasteiger partial charge in [-0.25, -0.2) is 0 Å². The summed E-state index contributed by atoms with van der Waals surface area (Å²) in [5, 5.41) is 18.2. The topological polar surface area (TPSA) is 146 Å². The minimum absolute atomic E-state index is 0.0146. The highest BCUT2D eigenvalue weighted by atomic mass is 16.6. The summed E-state index contributed by atoms with van der Waals surface area (Å²) in [5.74, 6) is -4.98. The van der Waals surface area contributed by atoms with Gasteiger partial charge in [0.25, 0.3) is 0 Å². The molecule has 0 aromatic heterocycles. The molecule has 0 bridgehead atoms. The summed E-state index contributed by atoms with van der Waals surface area (Å²) >= 11 is 0. The van der Waals surface area contributed by atoms with Gasteiger partial charge < -0.3 is 29.2 Å². The van der Waals surface area contributed by atoms with Crippen LogP contribution in [0.1, 0.15) is 65.5 Å². The van der Waals surface area contributed by atoms with Crippen LogP contribution >= 0.6 is 0 Å². The number of benzene rings is 2. The second-order valence-electron chi connectivity index (χ2n) is 11.6. The maximum atomic E-state index is 11.7. The van der Waals surface area contributed by atoms with Crippen molar-refractivity contribution in [2.75, 3.05) is 13.2 Å². The van der Waals surface area contributed by atoms with Crippen LogP contribution in [0.2, 0.25) is 0 Å². The van der Waals surface area contributed by atoms with Gasteiger partial charge in [-0.15, -0.1) is 0 Å². The molecule has 2 rings (SSSR count). The second kappa shape index (κ2) is 17.9. The zero-order chi connectivity index (χ0) is 31.8. The van der Waals surface area contributed by atoms with Gasteiger partial charge >= 0.3 is 23.9 Å². The molecule has 2 aromatic carbocycles. The van der Waals surface area contributed by atoms with Gasteiger partial charge in [0.1, 0.15) is 12.2 Å². The summed E-state index contributed by atoms with van der Waals surface area (Å²) in [7, 11) is 0. The highest BCUT2D eigenvalue weighted by Gasteiger charge is 2.26. The summed E-state index contributed by atoms with van der Waals surface area (Å²) in [6, 6.07) is 18.7. The predicted molar refractivity (Wildman–Crippen MR) is 155 cm³/mol. The van der Waals surface area contributed by atoms with Gasteiger partial charge in [0.15, 0.2) is 0 Å². The molecule has 2 N–H and O–H groups in total. The van der Waals surface area contributed by atoms with Crippen molar-refractivity contribution in [2.24, 2.45) is 11.8 Å². The maximum absolute atomic E-state index is 11.7. The highest BCUT2D eigenvalue weighted by Crippen LogP contribution is 2.15. The van der Waals surface area contributed by atoms with Gasteiger partial charge in [-0.05, 0) is 52.7 Å². The standard InChI is InChI=1S/2C16H22O5/c1-16(2,3)21-11-13(15(18)19)9-14(17)20-10-12-7-5-4-6-8-12;1-16(2,3)21-14(17)9-13(15(18)19)11-20-10-12-7-5-4-6-8-12/h2*4-8,13H,9-11H2,1-3H3,(H,18,19)/t2*13-/m11/s1. The molecule has 10 nitrogen and oxygen atoms in total. The van der Waals surface area contributed by atoms with E-state index < -0.39 is 46.9 Å². The van der Waals surface area contributed by atoms with Crippen LogP contribution in [-0.4, -0.2) is 58.5 Å². The number of carbonyl (C=O) groups is 4. The van der Waals surface area contributed by atoms with Gasteiger partial charge in [-0.1, -0.05) is 60.7 Å². The first-order valence-electron chi connectivity index (χ1n) is 13.7. The molecular formula is C32H44O10. The molecule has 0 spiro atoms. The Bertz CT molecular complexity index is 1100. The number of hydrogen-bond acceptors (Lipinski definition) is 8. The summed E-state index contributed by atoms with van der Waals surface area (Å²) in [5.41, 5.74) is 0.759. The fraction of sp³-hybridized carbons (Fsp3) is 0.500. The Balaban J connectivity index is 0.000000420. The molecule has 42 heavy (non-hydrogen) atoms. The number of aliphatic carboxylic acids is 2. The van der Waals surface area contributed by atoms with Gasteiger partial charge in [0.2, 0.25) is 0 Å². The van der Waals surface area contributed by atoms with Crippen LogP contribution in [0.4, 0.5) is 0 Å². The van der Waals surface area contributed by atoms with Crippen LogP contribution in [-0.2, 0) is 51.3 Å². The predicted octanol–water partition coefficient (Wildman–Crippen LogP) is 5.27. The smallest absolute Gasteiger partial charge is 0.309 e. The molecule has 0 radical (unpaired) electrons. The number of carboxylic acids is 2. The minimum atomic E-state index is -1.06. The van der Waals surface area contributed by atoms with Crippen molar-refractivity contribution in [3.8, 4) is 0 Å². The van der Waals surface area contributed by atoms with Gasteiger partial charge in [0, 0.05) is 0 Å². The molecule has 0 amide bonds. The van der Waals surface area contributed by atoms with E-state index in [0.717, 1.165) is 11.1 Å². The Morgan fingerprint density at radius 3 is 1.55 bits per heavy atom. The van der Waals surface area contributed by atoms with Crippen molar-refractivity contribution in [1.82, 2.24) is 0 Å². The lowest BCUT2D eigenvalue weighted by Crippen LogP contribution is -2.29. The van der Waals surface area contributed by atoms with Gasteiger partial charge in [-0.2, -0.15) is 0 Å². The SMILES string of the molecule is CC(C)(C)OC(=O)C[C@H](COCc1ccccc1)C(=O)O.CC(C)(C)OC[C@@H](CC(=O)OCc1ccccc1)C(=O)O. The van der Waals surface area contributed by atoms with Crippen molar-refractivity contribution >= 4 is 23.9 Å². The van der Waals surface area contributed by atoms with Crippen LogP contribution in [0.25, 0.3) is 0 Å². The molecular weight excluding hydrogens is 544 g/mol. The van der Waals surface area contributed by atoms with E-state index in [1.54, 1.807) is 20.8 Å². The Hall–Kier alpha value is -3.76. The van der Waals surface area contributed by atoms with E-state index in [2.05, 4.69) is 0 Å². The molecule has 0 saturated heterocycles. The van der Waals surface area contributed by atoms with E-state index in [4.69, 9.17) is 29.2 Å². The Labute approximate surface area is 247 Å². The second-order valence-corrected chi connectivity index (χ2v) is 11.6. The third-order valence-corrected chi connectivity index (χ3v) is 5.34. The molecule has 232 valence electrons. The third-order valence-electron chi connectivity index (χ3n) is 5.34. The average molecular weight is 589 g/mol. The number of esters is 2. The molecule has 10 heteroatoms. The molecule has 0 heterocycles. The van der Waals surface area contributed by atoms with Crippen LogP contribution in [0.3, 0.4) is 0 Å². The molecule has 0 saturated carbocycles. The molecule has 2 atom stereocenters. The van der Waals surface area contributed by atoms with Crippen LogP contribution in [0, 0.1) is 11.8 Å². The average Bonchev–Trinajstić information content (AvgIpc) is 2.89. The summed E-state index contributed by atoms with van der Waals surface area (Å²) < 4.78 is 21.0. The maximum Gasteiger partial charge on any atom is 0.309 e. The van der Waals surface area contributed by atoms with E-state index in [-0.39, 0.29) is 32.7 Å². The lowest BCUT2D eigenvalue weighted by atomic mass is 10.1. The molecule has 0 aliphatic carbocycles. The lowest BCUT2D eigenvalue weighted by Gasteiger charge is -2.22. The van der Waals surface area contributed by atoms with E-state index in [1.165, 1.54) is 0 Å². The molecule has 0 unspecified atom stereocenters. The van der Waals surface area contributed by atoms with Crippen molar-refractivity contribution < 1.29 is 48.3 Å². The Kier molecular flexibility index (Phi) is 15.5. The number of hydrogen-bond donors (Lipinski definition) is 2. The van der Waals surface area contributed by atoms with Gasteiger partial charge in [0.05, 0.1) is 50.1 Å². The fourth-order valence-electron chi connectivity index (χ4n) is 3.26. The van der Waals surface area contributed by atoms with E-state index in [1.807, 2.05) is 81.4 Å². The van der Waals surface area contributed by atoms with Crippen LogP contribution in [0.15, 0.2) is 60.7 Å². The number of rotatable bonds is 14. The first-order chi connectivity index (χ1) is 19.6. The van der Waals surface area contributed by atoms with Crippen molar-refractivity contribution in [3.05, 3.63) is 71.8 Å². The first kappa shape index (κ1) is 36.3. The quantitative estimate of drug-likeness (QED) is 0.280. The number of carbonyl (C=O) groups excluding carboxylic acids is 2. The highest BCUT2D eigenvalue weighted by molar-refractivity contribution is 5.79. The van der Waals surface area contributed by atoms with Gasteiger partial charge in [-0.3, -0.25) is 19.2 Å². The van der Waals surface area contributed by atoms with Crippen molar-refractivity contribution in [3.63, 3.8) is 0 Å². The first-order valence-corrected chi connectivity index (χ1v) is 13.7. The zero-order valence-electron chi connectivity index (χ0n) is 25.3. The molecule has 0 fully saturated rings. The van der Waals surface area contributed by atoms with E-state index in [0.29, 0.717) is 6.61 Å². The summed E-state index contributed by atoms with van der Waals surface area (Å²) in [4.78, 5) is 45.7. The van der Waals surface area contributed by atoms with Crippen LogP contribution in [0.5, 0.6) is 0 Å². The van der Waals surface area contributed by atoms with Crippen molar-refractivity contribution in [2.45, 2.75) is 78.8 Å². The Morgan fingerprint density at radius 2 is 1.10 bits per heavy atom. The number of carboxylic acid groups (broad SMARTS) is 2. The molecule has 0 aliphatic rings. The third kappa shape index (κ3) is 17.8. The summed E-state index contributed by atoms with van der Waals surface area (Å²) in [6.07, 6.45) is -0.389. The molecule has 2 aromatic rings. The lowest BCUT2D eigenvalue weighted by molar-refractivity contribution is -0.161. The molecule has 0 aliphatic heterocycles. The minimum Gasteiger partial charge on any atom is -0.481 e. The van der Waals surface area contributed by atoms with E-state index >= 15 is 0 Å². The number of ether oxygens (including phenoxy) is 4. The van der Waals surface area contributed by atoms with Crippen molar-refractivity contribution in [1.29, 1.82) is 0 Å². The zero-order valence-corrected chi connectivity index (χ0v) is 25.3. The summed E-state index contributed by atoms with van der Waals surface area (Å²) in [6.45, 7) is 11.2. The fourth-order valence-corrected chi connectivity index (χ4v) is 3.26. The van der Waals surface area contributed by atoms with Crippen LogP contribution < -0.4 is 0 Å². The van der Waals surface area contributed by atoms with E-state index in [9.17, 15) is 19.2 Å². The normalized spacial score (nSPS) is 12.7. The Morgan fingerprint density at radius 1 is 0.643 bits per heavy atom. The monoisotopic (exact) mass is 588 g/mol.